The predicted molar refractivity (Wildman–Crippen MR) is 75.6 cm³/mol. The Kier molecular flexibility index (Phi) is 4.48. The summed E-state index contributed by atoms with van der Waals surface area (Å²) in [5.74, 6) is -0.336. The first-order chi connectivity index (χ1) is 10.6. The summed E-state index contributed by atoms with van der Waals surface area (Å²) in [4.78, 5) is 36.1. The number of rotatable bonds is 5. The molecule has 2 aliphatic rings. The van der Waals surface area contributed by atoms with E-state index in [1.54, 1.807) is 0 Å². The molecule has 1 aromatic rings. The van der Waals surface area contributed by atoms with E-state index in [1.807, 2.05) is 0 Å². The van der Waals surface area contributed by atoms with Crippen LogP contribution in [0.1, 0.15) is 12.8 Å². The van der Waals surface area contributed by atoms with Crippen molar-refractivity contribution >= 4 is 23.8 Å². The number of nitrogens with one attached hydrogen (secondary N) is 1. The van der Waals surface area contributed by atoms with Gasteiger partial charge in [-0.2, -0.15) is 0 Å². The van der Waals surface area contributed by atoms with E-state index in [1.165, 1.54) is 4.57 Å². The van der Waals surface area contributed by atoms with Crippen molar-refractivity contribution in [2.24, 2.45) is 0 Å². The Labute approximate surface area is 129 Å². The number of cyclic esters (lactones) is 1. The lowest BCUT2D eigenvalue weighted by molar-refractivity contribution is -0.125. The molecule has 0 spiro atoms. The second-order valence-electron chi connectivity index (χ2n) is 5.01. The molecule has 9 nitrogen and oxygen atoms in total. The van der Waals surface area contributed by atoms with Gasteiger partial charge in [-0.05, 0) is 12.8 Å². The van der Waals surface area contributed by atoms with Crippen LogP contribution < -0.4 is 5.69 Å². The maximum atomic E-state index is 11.9. The van der Waals surface area contributed by atoms with Gasteiger partial charge in [0.1, 0.15) is 6.61 Å². The van der Waals surface area contributed by atoms with Gasteiger partial charge in [-0.1, -0.05) is 11.8 Å². The molecule has 2 amide bonds. The standard InChI is InChI=1S/C12H16N4O5S/c17-9(15-3-5-21-12(15)19)7-22-11-14-13-10(18)16(11)6-8-2-1-4-20-8/h8H,1-7H2,(H,13,18)/t8-/m1/s1. The third-order valence-electron chi connectivity index (χ3n) is 3.52. The van der Waals surface area contributed by atoms with Crippen molar-refractivity contribution in [2.75, 3.05) is 25.5 Å². The second-order valence-corrected chi connectivity index (χ2v) is 5.95. The summed E-state index contributed by atoms with van der Waals surface area (Å²) in [5, 5.41) is 6.72. The number of hydrogen-bond acceptors (Lipinski definition) is 7. The number of ether oxygens (including phenoxy) is 2. The van der Waals surface area contributed by atoms with Gasteiger partial charge in [0.25, 0.3) is 0 Å². The summed E-state index contributed by atoms with van der Waals surface area (Å²) in [7, 11) is 0. The lowest BCUT2D eigenvalue weighted by Gasteiger charge is -2.12. The van der Waals surface area contributed by atoms with Crippen LogP contribution in [0.2, 0.25) is 0 Å². The zero-order valence-electron chi connectivity index (χ0n) is 11.8. The average Bonchev–Trinajstić information content (AvgIpc) is 3.22. The molecule has 1 aromatic heterocycles. The van der Waals surface area contributed by atoms with Crippen molar-refractivity contribution in [3.63, 3.8) is 0 Å². The number of imide groups is 1. The topological polar surface area (TPSA) is 107 Å². The highest BCUT2D eigenvalue weighted by Crippen LogP contribution is 2.19. The van der Waals surface area contributed by atoms with Crippen molar-refractivity contribution in [1.82, 2.24) is 19.7 Å². The second kappa shape index (κ2) is 6.53. The van der Waals surface area contributed by atoms with Gasteiger partial charge in [0.15, 0.2) is 5.16 Å². The van der Waals surface area contributed by atoms with Crippen molar-refractivity contribution < 1.29 is 19.1 Å². The summed E-state index contributed by atoms with van der Waals surface area (Å²) in [6.45, 7) is 1.61. The van der Waals surface area contributed by atoms with Crippen LogP contribution in [0.15, 0.2) is 9.95 Å². The fraction of sp³-hybridized carbons (Fsp3) is 0.667. The van der Waals surface area contributed by atoms with E-state index >= 15 is 0 Å². The molecule has 2 fully saturated rings. The molecule has 0 aromatic carbocycles. The van der Waals surface area contributed by atoms with Gasteiger partial charge < -0.3 is 9.47 Å². The summed E-state index contributed by atoms with van der Waals surface area (Å²) >= 11 is 1.11. The van der Waals surface area contributed by atoms with E-state index < -0.39 is 6.09 Å². The summed E-state index contributed by atoms with van der Waals surface area (Å²) in [6.07, 6.45) is 1.26. The van der Waals surface area contributed by atoms with E-state index in [0.29, 0.717) is 18.3 Å². The number of amides is 2. The highest BCUT2D eigenvalue weighted by atomic mass is 32.2. The molecule has 10 heteroatoms. The zero-order valence-corrected chi connectivity index (χ0v) is 12.6. The number of carbonyl (C=O) groups excluding carboxylic acids is 2. The van der Waals surface area contributed by atoms with E-state index in [-0.39, 0.29) is 36.6 Å². The maximum Gasteiger partial charge on any atom is 0.416 e. The van der Waals surface area contributed by atoms with E-state index in [0.717, 1.165) is 29.5 Å². The Morgan fingerprint density at radius 1 is 1.41 bits per heavy atom. The Morgan fingerprint density at radius 2 is 2.27 bits per heavy atom. The molecule has 1 N–H and O–H groups in total. The van der Waals surface area contributed by atoms with Crippen LogP contribution in [0.3, 0.4) is 0 Å². The number of hydrogen-bond donors (Lipinski definition) is 1. The van der Waals surface area contributed by atoms with Crippen molar-refractivity contribution in [2.45, 2.75) is 30.6 Å². The monoisotopic (exact) mass is 328 g/mol. The zero-order chi connectivity index (χ0) is 15.5. The lowest BCUT2D eigenvalue weighted by atomic mass is 10.2. The number of H-pyrrole nitrogens is 1. The smallest absolute Gasteiger partial charge is 0.416 e. The fourth-order valence-electron chi connectivity index (χ4n) is 2.39. The minimum absolute atomic E-state index is 0.00101. The molecular formula is C12H16N4O5S. The molecule has 3 rings (SSSR count). The quantitative estimate of drug-likeness (QED) is 0.747. The van der Waals surface area contributed by atoms with E-state index in [4.69, 9.17) is 9.47 Å². The van der Waals surface area contributed by atoms with Crippen LogP contribution in [0.4, 0.5) is 4.79 Å². The number of aromatic amines is 1. The molecule has 1 atom stereocenters. The largest absolute Gasteiger partial charge is 0.447 e. The SMILES string of the molecule is O=C(CSc1n[nH]c(=O)n1C[C@H]1CCCO1)N1CCOC1=O. The molecule has 2 aliphatic heterocycles. The Balaban J connectivity index is 1.61. The molecule has 0 aliphatic carbocycles. The van der Waals surface area contributed by atoms with Gasteiger partial charge >= 0.3 is 11.8 Å². The molecule has 0 saturated carbocycles. The summed E-state index contributed by atoms with van der Waals surface area (Å²) in [5.41, 5.74) is -0.328. The highest BCUT2D eigenvalue weighted by molar-refractivity contribution is 7.99. The molecule has 0 unspecified atom stereocenters. The van der Waals surface area contributed by atoms with Crippen LogP contribution in [0.25, 0.3) is 0 Å². The lowest BCUT2D eigenvalue weighted by Crippen LogP contribution is -2.33. The van der Waals surface area contributed by atoms with Crippen LogP contribution in [0.5, 0.6) is 0 Å². The number of thioether (sulfide) groups is 1. The van der Waals surface area contributed by atoms with E-state index in [9.17, 15) is 14.4 Å². The van der Waals surface area contributed by atoms with Gasteiger partial charge in [0.2, 0.25) is 5.91 Å². The molecule has 0 radical (unpaired) electrons. The summed E-state index contributed by atoms with van der Waals surface area (Å²) in [6, 6.07) is 0. The van der Waals surface area contributed by atoms with Gasteiger partial charge in [-0.25, -0.2) is 19.6 Å². The number of aromatic nitrogens is 3. The molecule has 120 valence electrons. The first-order valence-corrected chi connectivity index (χ1v) is 8.00. The Morgan fingerprint density at radius 3 is 2.95 bits per heavy atom. The molecular weight excluding hydrogens is 312 g/mol. The van der Waals surface area contributed by atoms with Crippen LogP contribution in [0, 0.1) is 0 Å². The molecule has 2 saturated heterocycles. The van der Waals surface area contributed by atoms with E-state index in [2.05, 4.69) is 10.2 Å². The third-order valence-corrected chi connectivity index (χ3v) is 4.48. The first-order valence-electron chi connectivity index (χ1n) is 7.02. The van der Waals surface area contributed by atoms with Gasteiger partial charge in [0, 0.05) is 6.61 Å². The van der Waals surface area contributed by atoms with Crippen molar-refractivity contribution in [1.29, 1.82) is 0 Å². The Hall–Kier alpha value is -1.81. The van der Waals surface area contributed by atoms with Gasteiger partial charge in [-0.3, -0.25) is 9.36 Å². The van der Waals surface area contributed by atoms with Crippen LogP contribution in [-0.4, -0.2) is 63.3 Å². The third kappa shape index (κ3) is 3.17. The highest BCUT2D eigenvalue weighted by Gasteiger charge is 2.28. The summed E-state index contributed by atoms with van der Waals surface area (Å²) < 4.78 is 11.7. The van der Waals surface area contributed by atoms with Crippen molar-refractivity contribution in [3.05, 3.63) is 10.5 Å². The maximum absolute atomic E-state index is 11.9. The van der Waals surface area contributed by atoms with Crippen LogP contribution in [-0.2, 0) is 20.8 Å². The van der Waals surface area contributed by atoms with Crippen molar-refractivity contribution in [3.8, 4) is 0 Å². The predicted octanol–water partition coefficient (Wildman–Crippen LogP) is -0.179. The minimum atomic E-state index is -0.621. The molecule has 0 bridgehead atoms. The molecule has 3 heterocycles. The molecule has 22 heavy (non-hydrogen) atoms. The number of carbonyl (C=O) groups is 2. The minimum Gasteiger partial charge on any atom is -0.447 e. The normalized spacial score (nSPS) is 21.4. The number of nitrogens with zero attached hydrogens (tertiary/aromatic N) is 3. The Bertz CT molecular complexity index is 621. The van der Waals surface area contributed by atoms with Gasteiger partial charge in [-0.15, -0.1) is 5.10 Å². The fourth-order valence-corrected chi connectivity index (χ4v) is 3.22. The van der Waals surface area contributed by atoms with Gasteiger partial charge in [0.05, 0.1) is 24.9 Å². The first kappa shape index (κ1) is 15.1. The van der Waals surface area contributed by atoms with Crippen LogP contribution >= 0.6 is 11.8 Å². The average molecular weight is 328 g/mol.